The monoisotopic (exact) mass is 224 g/mol. The number of anilines is 1. The number of nitrogens with two attached hydrogens (primary N) is 1. The number of halogens is 1. The zero-order valence-corrected chi connectivity index (χ0v) is 8.84. The third kappa shape index (κ3) is 3.49. The normalized spacial score (nSPS) is 8.93. The number of carbonyl (C=O) groups excluding carboxylic acids is 1. The molecule has 4 nitrogen and oxygen atoms in total. The fourth-order valence-electron chi connectivity index (χ4n) is 0.824. The van der Waals surface area contributed by atoms with E-state index in [2.05, 4.69) is 21.6 Å². The minimum atomic E-state index is -0.377. The van der Waals surface area contributed by atoms with Crippen LogP contribution in [0.3, 0.4) is 0 Å². The summed E-state index contributed by atoms with van der Waals surface area (Å²) < 4.78 is 4.43. The molecule has 0 amide bonds. The number of hydrogen-bond acceptors (Lipinski definition) is 4. The average Bonchev–Trinajstić information content (AvgIpc) is 2.23. The Kier molecular flexibility index (Phi) is 3.95. The topological polar surface area (TPSA) is 65.2 Å². The molecule has 1 rings (SSSR count). The molecule has 1 heterocycles. The molecule has 0 saturated heterocycles. The van der Waals surface area contributed by atoms with Crippen LogP contribution in [0.4, 0.5) is 5.69 Å². The van der Waals surface area contributed by atoms with E-state index in [-0.39, 0.29) is 17.5 Å². The lowest BCUT2D eigenvalue weighted by Gasteiger charge is -1.96. The molecular formula is C10H9ClN2O2. The molecule has 0 unspecified atom stereocenters. The molecule has 0 radical (unpaired) electrons. The predicted molar refractivity (Wildman–Crippen MR) is 57.2 cm³/mol. The summed E-state index contributed by atoms with van der Waals surface area (Å²) in [5.74, 6) is 4.98. The summed E-state index contributed by atoms with van der Waals surface area (Å²) >= 11 is 5.63. The van der Waals surface area contributed by atoms with Crippen molar-refractivity contribution in [1.29, 1.82) is 0 Å². The highest BCUT2D eigenvalue weighted by Crippen LogP contribution is 2.15. The molecule has 1 aromatic heterocycles. The van der Waals surface area contributed by atoms with Crippen LogP contribution in [0.15, 0.2) is 12.3 Å². The molecule has 2 N–H and O–H groups in total. The SMILES string of the molecule is COC(=O)CC#Cc1cnc(Cl)c(N)c1. The number of methoxy groups -OCH3 is 1. The average molecular weight is 225 g/mol. The lowest BCUT2D eigenvalue weighted by molar-refractivity contribution is -0.139. The van der Waals surface area contributed by atoms with Crippen LogP contribution in [0.1, 0.15) is 12.0 Å². The summed E-state index contributed by atoms with van der Waals surface area (Å²) in [6, 6.07) is 1.60. The fraction of sp³-hybridized carbons (Fsp3) is 0.200. The summed E-state index contributed by atoms with van der Waals surface area (Å²) in [4.78, 5) is 14.6. The van der Waals surface area contributed by atoms with Crippen molar-refractivity contribution in [2.75, 3.05) is 12.8 Å². The van der Waals surface area contributed by atoms with Gasteiger partial charge in [-0.05, 0) is 6.07 Å². The van der Waals surface area contributed by atoms with Crippen molar-refractivity contribution < 1.29 is 9.53 Å². The van der Waals surface area contributed by atoms with Gasteiger partial charge in [0.15, 0.2) is 5.15 Å². The second kappa shape index (κ2) is 5.23. The molecule has 78 valence electrons. The Bertz CT molecular complexity index is 435. The van der Waals surface area contributed by atoms with Gasteiger partial charge in [0, 0.05) is 11.8 Å². The van der Waals surface area contributed by atoms with Crippen molar-refractivity contribution in [3.63, 3.8) is 0 Å². The van der Waals surface area contributed by atoms with Crippen molar-refractivity contribution in [1.82, 2.24) is 4.98 Å². The lowest BCUT2D eigenvalue weighted by Crippen LogP contribution is -1.97. The van der Waals surface area contributed by atoms with Gasteiger partial charge in [-0.2, -0.15) is 0 Å². The van der Waals surface area contributed by atoms with E-state index in [9.17, 15) is 4.79 Å². The number of aromatic nitrogens is 1. The molecule has 0 aliphatic rings. The first-order valence-corrected chi connectivity index (χ1v) is 4.48. The van der Waals surface area contributed by atoms with E-state index in [1.165, 1.54) is 13.3 Å². The van der Waals surface area contributed by atoms with E-state index in [1.54, 1.807) is 6.07 Å². The molecule has 0 aromatic carbocycles. The van der Waals surface area contributed by atoms with E-state index in [0.717, 1.165) is 0 Å². The maximum absolute atomic E-state index is 10.7. The maximum atomic E-state index is 10.7. The Labute approximate surface area is 92.4 Å². The van der Waals surface area contributed by atoms with Crippen molar-refractivity contribution in [3.8, 4) is 11.8 Å². The summed E-state index contributed by atoms with van der Waals surface area (Å²) in [5, 5.41) is 0.244. The fourth-order valence-corrected chi connectivity index (χ4v) is 0.927. The van der Waals surface area contributed by atoms with Crippen LogP contribution in [0.2, 0.25) is 5.15 Å². The Morgan fingerprint density at radius 3 is 3.07 bits per heavy atom. The zero-order chi connectivity index (χ0) is 11.3. The number of esters is 1. The smallest absolute Gasteiger partial charge is 0.317 e. The first-order valence-electron chi connectivity index (χ1n) is 4.10. The van der Waals surface area contributed by atoms with Gasteiger partial charge >= 0.3 is 5.97 Å². The first-order chi connectivity index (χ1) is 7.13. The second-order valence-corrected chi connectivity index (χ2v) is 3.02. The molecule has 15 heavy (non-hydrogen) atoms. The van der Waals surface area contributed by atoms with Crippen molar-refractivity contribution in [2.24, 2.45) is 0 Å². The van der Waals surface area contributed by atoms with Crippen LogP contribution in [0, 0.1) is 11.8 Å². The van der Waals surface area contributed by atoms with E-state index in [1.807, 2.05) is 0 Å². The minimum Gasteiger partial charge on any atom is -0.468 e. The van der Waals surface area contributed by atoms with Gasteiger partial charge in [0.2, 0.25) is 0 Å². The highest BCUT2D eigenvalue weighted by atomic mass is 35.5. The summed E-state index contributed by atoms with van der Waals surface area (Å²) in [6.07, 6.45) is 1.53. The van der Waals surface area contributed by atoms with Gasteiger partial charge in [-0.1, -0.05) is 23.4 Å². The number of rotatable bonds is 1. The number of nitrogens with zero attached hydrogens (tertiary/aromatic N) is 1. The lowest BCUT2D eigenvalue weighted by atomic mass is 10.2. The van der Waals surface area contributed by atoms with Gasteiger partial charge in [-0.3, -0.25) is 4.79 Å². The Morgan fingerprint density at radius 2 is 2.47 bits per heavy atom. The number of hydrogen-bond donors (Lipinski definition) is 1. The number of pyridine rings is 1. The molecule has 0 spiro atoms. The first kappa shape index (κ1) is 11.3. The van der Waals surface area contributed by atoms with E-state index >= 15 is 0 Å². The number of ether oxygens (including phenoxy) is 1. The maximum Gasteiger partial charge on any atom is 0.317 e. The quantitative estimate of drug-likeness (QED) is 0.443. The van der Waals surface area contributed by atoms with Gasteiger partial charge < -0.3 is 10.5 Å². The summed E-state index contributed by atoms with van der Waals surface area (Å²) in [5.41, 5.74) is 6.50. The van der Waals surface area contributed by atoms with Crippen LogP contribution in [0.25, 0.3) is 0 Å². The van der Waals surface area contributed by atoms with Crippen molar-refractivity contribution in [3.05, 3.63) is 23.0 Å². The molecule has 0 bridgehead atoms. The molecule has 0 fully saturated rings. The van der Waals surface area contributed by atoms with Crippen molar-refractivity contribution >= 4 is 23.3 Å². The van der Waals surface area contributed by atoms with E-state index in [4.69, 9.17) is 17.3 Å². The minimum absolute atomic E-state index is 0.0407. The molecule has 5 heteroatoms. The highest BCUT2D eigenvalue weighted by Gasteiger charge is 1.97. The van der Waals surface area contributed by atoms with Gasteiger partial charge in [0.25, 0.3) is 0 Å². The molecule has 0 saturated carbocycles. The third-order valence-electron chi connectivity index (χ3n) is 1.56. The van der Waals surface area contributed by atoms with Crippen LogP contribution < -0.4 is 5.73 Å². The van der Waals surface area contributed by atoms with E-state index < -0.39 is 0 Å². The number of carbonyl (C=O) groups is 1. The zero-order valence-electron chi connectivity index (χ0n) is 8.08. The molecule has 1 aromatic rings. The van der Waals surface area contributed by atoms with Gasteiger partial charge in [-0.25, -0.2) is 4.98 Å². The molecule has 0 aliphatic heterocycles. The number of nitrogen functional groups attached to an aromatic ring is 1. The van der Waals surface area contributed by atoms with E-state index in [0.29, 0.717) is 11.3 Å². The third-order valence-corrected chi connectivity index (χ3v) is 1.88. The van der Waals surface area contributed by atoms with Crippen LogP contribution in [0.5, 0.6) is 0 Å². The van der Waals surface area contributed by atoms with Crippen molar-refractivity contribution in [2.45, 2.75) is 6.42 Å². The summed E-state index contributed by atoms with van der Waals surface area (Å²) in [7, 11) is 1.31. The highest BCUT2D eigenvalue weighted by molar-refractivity contribution is 6.31. The Balaban J connectivity index is 2.72. The Morgan fingerprint density at radius 1 is 1.73 bits per heavy atom. The van der Waals surface area contributed by atoms with Gasteiger partial charge in [0.05, 0.1) is 12.8 Å². The molecular weight excluding hydrogens is 216 g/mol. The molecule has 0 aliphatic carbocycles. The van der Waals surface area contributed by atoms with Gasteiger partial charge in [-0.15, -0.1) is 0 Å². The van der Waals surface area contributed by atoms with Crippen LogP contribution in [-0.4, -0.2) is 18.1 Å². The second-order valence-electron chi connectivity index (χ2n) is 2.66. The van der Waals surface area contributed by atoms with Crippen LogP contribution >= 0.6 is 11.6 Å². The predicted octanol–water partition coefficient (Wildman–Crippen LogP) is 1.23. The summed E-state index contributed by atoms with van der Waals surface area (Å²) in [6.45, 7) is 0. The Hall–Kier alpha value is -1.73. The van der Waals surface area contributed by atoms with Crippen LogP contribution in [-0.2, 0) is 9.53 Å². The molecule has 0 atom stereocenters. The standard InChI is InChI=1S/C10H9ClN2O2/c1-15-9(14)4-2-3-7-5-8(12)10(11)13-6-7/h5-6H,4,12H2,1H3. The largest absolute Gasteiger partial charge is 0.468 e. The van der Waals surface area contributed by atoms with Gasteiger partial charge in [0.1, 0.15) is 6.42 Å².